The van der Waals surface area contributed by atoms with Crippen molar-refractivity contribution in [1.82, 2.24) is 14.9 Å². The predicted octanol–water partition coefficient (Wildman–Crippen LogP) is 4.35. The van der Waals surface area contributed by atoms with E-state index >= 15 is 0 Å². The number of carbonyl (C=O) groups excluding carboxylic acids is 1. The van der Waals surface area contributed by atoms with Gasteiger partial charge in [0.25, 0.3) is 0 Å². The van der Waals surface area contributed by atoms with Gasteiger partial charge >= 0.3 is 0 Å². The highest BCUT2D eigenvalue weighted by Crippen LogP contribution is 2.26. The lowest BCUT2D eigenvalue weighted by atomic mass is 9.96. The van der Waals surface area contributed by atoms with Gasteiger partial charge in [-0.15, -0.1) is 0 Å². The summed E-state index contributed by atoms with van der Waals surface area (Å²) in [5.74, 6) is 1.06. The van der Waals surface area contributed by atoms with E-state index in [9.17, 15) is 4.79 Å². The maximum absolute atomic E-state index is 12.1. The molecule has 0 aliphatic carbocycles. The van der Waals surface area contributed by atoms with Gasteiger partial charge in [-0.05, 0) is 24.6 Å². The van der Waals surface area contributed by atoms with Gasteiger partial charge < -0.3 is 9.88 Å². The minimum absolute atomic E-state index is 0.0660. The number of carbonyl (C=O) groups is 1. The van der Waals surface area contributed by atoms with Crippen molar-refractivity contribution >= 4 is 16.9 Å². The molecule has 0 spiro atoms. The van der Waals surface area contributed by atoms with Crippen LogP contribution in [0.4, 0.5) is 0 Å². The second-order valence-electron chi connectivity index (χ2n) is 7.73. The number of fused-ring (bicyclic) bond motifs is 1. The fourth-order valence-electron chi connectivity index (χ4n) is 3.14. The van der Waals surface area contributed by atoms with Gasteiger partial charge in [-0.25, -0.2) is 4.98 Å². The van der Waals surface area contributed by atoms with Gasteiger partial charge in [0.05, 0.1) is 17.1 Å². The maximum Gasteiger partial charge on any atom is 0.225 e. The Hall–Kier alpha value is -2.62. The van der Waals surface area contributed by atoms with Crippen molar-refractivity contribution in [3.63, 3.8) is 0 Å². The second-order valence-corrected chi connectivity index (χ2v) is 7.73. The van der Waals surface area contributed by atoms with Crippen LogP contribution >= 0.6 is 0 Å². The van der Waals surface area contributed by atoms with Crippen LogP contribution in [0.5, 0.6) is 0 Å². The Morgan fingerprint density at radius 1 is 1.08 bits per heavy atom. The molecule has 4 nitrogen and oxygen atoms in total. The first kappa shape index (κ1) is 18.2. The van der Waals surface area contributed by atoms with Crippen LogP contribution in [0, 0.1) is 5.41 Å². The Bertz CT molecular complexity index is 891. The predicted molar refractivity (Wildman–Crippen MR) is 106 cm³/mol. The Labute approximate surface area is 155 Å². The minimum atomic E-state index is -0.378. The Balaban J connectivity index is 1.89. The normalized spacial score (nSPS) is 12.9. The summed E-state index contributed by atoms with van der Waals surface area (Å²) in [6.45, 7) is 8.56. The number of aromatic nitrogens is 2. The summed E-state index contributed by atoms with van der Waals surface area (Å²) in [5.41, 5.74) is 2.99. The maximum atomic E-state index is 12.1. The standard InChI is InChI=1S/C22H27N3O/c1-16(17-10-6-5-7-11-17)25-19-13-9-8-12-18(19)24-20(25)14-15-23-21(26)22(2,3)4/h5-13,16H,14-15H2,1-4H3,(H,23,26)/t16-/m0/s1. The molecular formula is C22H27N3O. The third kappa shape index (κ3) is 3.79. The van der Waals surface area contributed by atoms with E-state index in [1.807, 2.05) is 45.0 Å². The van der Waals surface area contributed by atoms with Crippen molar-refractivity contribution < 1.29 is 4.79 Å². The molecule has 0 bridgehead atoms. The monoisotopic (exact) mass is 349 g/mol. The summed E-state index contributed by atoms with van der Waals surface area (Å²) in [4.78, 5) is 17.0. The zero-order valence-electron chi connectivity index (χ0n) is 16.0. The third-order valence-electron chi connectivity index (χ3n) is 4.65. The molecule has 0 aliphatic heterocycles. The van der Waals surface area contributed by atoms with Crippen molar-refractivity contribution in [2.75, 3.05) is 6.54 Å². The van der Waals surface area contributed by atoms with E-state index in [0.29, 0.717) is 13.0 Å². The van der Waals surface area contributed by atoms with Gasteiger partial charge in [-0.3, -0.25) is 4.79 Å². The minimum Gasteiger partial charge on any atom is -0.355 e. The number of imidazole rings is 1. The summed E-state index contributed by atoms with van der Waals surface area (Å²) in [6, 6.07) is 18.8. The number of nitrogens with zero attached hydrogens (tertiary/aromatic N) is 2. The zero-order chi connectivity index (χ0) is 18.7. The molecule has 4 heteroatoms. The van der Waals surface area contributed by atoms with Gasteiger partial charge in [0.1, 0.15) is 5.82 Å². The number of nitrogens with one attached hydrogen (secondary N) is 1. The average molecular weight is 349 g/mol. The fourth-order valence-corrected chi connectivity index (χ4v) is 3.14. The van der Waals surface area contributed by atoms with Gasteiger partial charge in [-0.2, -0.15) is 0 Å². The first-order valence-electron chi connectivity index (χ1n) is 9.17. The number of hydrogen-bond acceptors (Lipinski definition) is 2. The van der Waals surface area contributed by atoms with Crippen LogP contribution in [0.15, 0.2) is 54.6 Å². The van der Waals surface area contributed by atoms with Crippen LogP contribution in [-0.4, -0.2) is 22.0 Å². The Morgan fingerprint density at radius 3 is 2.42 bits per heavy atom. The molecule has 1 aromatic heterocycles. The van der Waals surface area contributed by atoms with E-state index < -0.39 is 0 Å². The van der Waals surface area contributed by atoms with Gasteiger partial charge in [0.15, 0.2) is 0 Å². The fraction of sp³-hybridized carbons (Fsp3) is 0.364. The summed E-state index contributed by atoms with van der Waals surface area (Å²) in [6.07, 6.45) is 0.702. The number of para-hydroxylation sites is 2. The first-order valence-corrected chi connectivity index (χ1v) is 9.17. The SMILES string of the molecule is C[C@@H](c1ccccc1)n1c(CCNC(=O)C(C)(C)C)nc2ccccc21. The van der Waals surface area contributed by atoms with Gasteiger partial charge in [-0.1, -0.05) is 63.2 Å². The van der Waals surface area contributed by atoms with E-state index in [-0.39, 0.29) is 17.4 Å². The Kier molecular flexibility index (Phi) is 5.12. The number of amides is 1. The van der Waals surface area contributed by atoms with Crippen LogP contribution in [0.25, 0.3) is 11.0 Å². The molecule has 1 amide bonds. The lowest BCUT2D eigenvalue weighted by molar-refractivity contribution is -0.128. The molecule has 3 rings (SSSR count). The van der Waals surface area contributed by atoms with Crippen LogP contribution in [-0.2, 0) is 11.2 Å². The molecule has 136 valence electrons. The zero-order valence-corrected chi connectivity index (χ0v) is 16.0. The van der Waals surface area contributed by atoms with Crippen molar-refractivity contribution in [2.45, 2.75) is 40.2 Å². The van der Waals surface area contributed by atoms with Crippen molar-refractivity contribution in [2.24, 2.45) is 5.41 Å². The third-order valence-corrected chi connectivity index (χ3v) is 4.65. The molecule has 0 radical (unpaired) electrons. The highest BCUT2D eigenvalue weighted by Gasteiger charge is 2.21. The van der Waals surface area contributed by atoms with Crippen LogP contribution in [0.1, 0.15) is 45.1 Å². The number of rotatable bonds is 5. The first-order chi connectivity index (χ1) is 12.4. The molecular weight excluding hydrogens is 322 g/mol. The molecule has 1 atom stereocenters. The van der Waals surface area contributed by atoms with Crippen molar-refractivity contribution in [3.8, 4) is 0 Å². The quantitative estimate of drug-likeness (QED) is 0.744. The number of benzene rings is 2. The largest absolute Gasteiger partial charge is 0.355 e. The molecule has 0 saturated heterocycles. The smallest absolute Gasteiger partial charge is 0.225 e. The van der Waals surface area contributed by atoms with Crippen LogP contribution < -0.4 is 5.32 Å². The van der Waals surface area contributed by atoms with E-state index in [2.05, 4.69) is 47.1 Å². The van der Waals surface area contributed by atoms with E-state index in [4.69, 9.17) is 4.98 Å². The number of hydrogen-bond donors (Lipinski definition) is 1. The van der Waals surface area contributed by atoms with Crippen molar-refractivity contribution in [3.05, 3.63) is 66.0 Å². The lowest BCUT2D eigenvalue weighted by Crippen LogP contribution is -2.36. The summed E-state index contributed by atoms with van der Waals surface area (Å²) in [7, 11) is 0. The average Bonchev–Trinajstić information content (AvgIpc) is 2.99. The molecule has 1 N–H and O–H groups in total. The molecule has 0 unspecified atom stereocenters. The van der Waals surface area contributed by atoms with Gasteiger partial charge in [0.2, 0.25) is 5.91 Å². The van der Waals surface area contributed by atoms with E-state index in [0.717, 1.165) is 16.9 Å². The molecule has 0 fully saturated rings. The highest BCUT2D eigenvalue weighted by atomic mass is 16.2. The van der Waals surface area contributed by atoms with E-state index in [1.165, 1.54) is 5.56 Å². The molecule has 2 aromatic carbocycles. The summed E-state index contributed by atoms with van der Waals surface area (Å²) in [5, 5.41) is 3.03. The van der Waals surface area contributed by atoms with Crippen molar-refractivity contribution in [1.29, 1.82) is 0 Å². The molecule has 3 aromatic rings. The highest BCUT2D eigenvalue weighted by molar-refractivity contribution is 5.81. The summed E-state index contributed by atoms with van der Waals surface area (Å²) < 4.78 is 2.29. The topological polar surface area (TPSA) is 46.9 Å². The second kappa shape index (κ2) is 7.32. The molecule has 26 heavy (non-hydrogen) atoms. The van der Waals surface area contributed by atoms with Crippen LogP contribution in [0.3, 0.4) is 0 Å². The van der Waals surface area contributed by atoms with Crippen LogP contribution in [0.2, 0.25) is 0 Å². The van der Waals surface area contributed by atoms with E-state index in [1.54, 1.807) is 0 Å². The lowest BCUT2D eigenvalue weighted by Gasteiger charge is -2.20. The summed E-state index contributed by atoms with van der Waals surface area (Å²) >= 11 is 0. The Morgan fingerprint density at radius 2 is 1.73 bits per heavy atom. The molecule has 0 aliphatic rings. The molecule has 0 saturated carbocycles. The molecule has 1 heterocycles. The van der Waals surface area contributed by atoms with Gasteiger partial charge in [0, 0.05) is 18.4 Å².